The average Bonchev–Trinajstić information content (AvgIpc) is 1.65. The van der Waals surface area contributed by atoms with Crippen molar-refractivity contribution in [2.75, 3.05) is 0 Å². The van der Waals surface area contributed by atoms with Gasteiger partial charge in [0.25, 0.3) is 0 Å². The van der Waals surface area contributed by atoms with E-state index in [1.165, 1.54) is 6.08 Å². The van der Waals surface area contributed by atoms with E-state index in [4.69, 9.17) is 16.5 Å². The lowest BCUT2D eigenvalue weighted by Crippen LogP contribution is -1.54. The number of halogens is 1. The van der Waals surface area contributed by atoms with Crippen LogP contribution in [0, 0.1) is 0 Å². The molecule has 0 spiro atoms. The zero-order valence-corrected chi connectivity index (χ0v) is 5.57. The maximum atomic E-state index is 9.92. The van der Waals surface area contributed by atoms with Crippen LogP contribution in [0.2, 0.25) is 0 Å². The Labute approximate surface area is 47.7 Å². The summed E-state index contributed by atoms with van der Waals surface area (Å²) in [6.07, 6.45) is 1.41. The maximum absolute atomic E-state index is 9.92. The Bertz CT molecular complexity index is 110. The van der Waals surface area contributed by atoms with Crippen molar-refractivity contribution in [2.45, 2.75) is 6.92 Å². The number of allylic oxidation sites excluding steroid dienone is 1. The molecular weight excluding hydrogens is 134 g/mol. The minimum atomic E-state index is -2.59. The van der Waals surface area contributed by atoms with E-state index in [2.05, 4.69) is 0 Å². The molecule has 0 aromatic heterocycles. The Morgan fingerprint density at radius 3 is 2.43 bits per heavy atom. The van der Waals surface area contributed by atoms with E-state index in [9.17, 15) is 4.57 Å². The number of hydrogen-bond acceptors (Lipinski definition) is 1. The van der Waals surface area contributed by atoms with Gasteiger partial charge in [-0.1, -0.05) is 17.7 Å². The van der Waals surface area contributed by atoms with E-state index >= 15 is 0 Å². The molecule has 4 heteroatoms. The molecule has 0 aromatic carbocycles. The average molecular weight is 141 g/mol. The van der Waals surface area contributed by atoms with E-state index < -0.39 is 8.03 Å². The third-order valence-corrected chi connectivity index (χ3v) is 1.86. The number of rotatable bonds is 1. The van der Waals surface area contributed by atoms with Crippen LogP contribution in [0.25, 0.3) is 0 Å². The first-order valence-corrected chi connectivity index (χ1v) is 3.47. The summed E-state index contributed by atoms with van der Waals surface area (Å²) in [7, 11) is -2.59. The molecule has 2 nitrogen and oxygen atoms in total. The van der Waals surface area contributed by atoms with Crippen LogP contribution in [0.15, 0.2) is 10.8 Å². The molecule has 0 bridgehead atoms. The number of hydrogen-bond donors (Lipinski definition) is 1. The topological polar surface area (TPSA) is 37.3 Å². The van der Waals surface area contributed by atoms with E-state index in [1.54, 1.807) is 6.92 Å². The minimum absolute atomic E-state index is 0.0463. The molecule has 0 fully saturated rings. The highest BCUT2D eigenvalue weighted by Gasteiger charge is 1.92. The van der Waals surface area contributed by atoms with E-state index in [-0.39, 0.29) is 4.77 Å². The Morgan fingerprint density at radius 2 is 2.43 bits per heavy atom. The molecule has 0 aliphatic carbocycles. The van der Waals surface area contributed by atoms with E-state index in [0.29, 0.717) is 0 Å². The monoisotopic (exact) mass is 140 g/mol. The molecule has 1 N–H and O–H groups in total. The van der Waals surface area contributed by atoms with Crippen LogP contribution in [0.3, 0.4) is 0 Å². The van der Waals surface area contributed by atoms with Crippen molar-refractivity contribution in [3.8, 4) is 0 Å². The molecule has 0 saturated carbocycles. The SMILES string of the molecule is CC=C(Cl)[PH](=O)O. The van der Waals surface area contributed by atoms with Crippen molar-refractivity contribution in [3.63, 3.8) is 0 Å². The highest BCUT2D eigenvalue weighted by atomic mass is 35.5. The summed E-state index contributed by atoms with van der Waals surface area (Å²) in [6.45, 7) is 1.61. The first kappa shape index (κ1) is 7.22. The minimum Gasteiger partial charge on any atom is -0.343 e. The molecule has 0 aliphatic rings. The molecule has 0 radical (unpaired) electrons. The Kier molecular flexibility index (Phi) is 3.35. The third-order valence-electron chi connectivity index (χ3n) is 0.458. The molecule has 0 aliphatic heterocycles. The zero-order chi connectivity index (χ0) is 5.86. The molecule has 0 rings (SSSR count). The van der Waals surface area contributed by atoms with Crippen LogP contribution in [-0.2, 0) is 4.57 Å². The molecule has 0 aromatic rings. The Morgan fingerprint density at radius 1 is 2.00 bits per heavy atom. The highest BCUT2D eigenvalue weighted by Crippen LogP contribution is 2.29. The largest absolute Gasteiger partial charge is 0.343 e. The zero-order valence-electron chi connectivity index (χ0n) is 3.81. The molecule has 1 atom stereocenters. The second kappa shape index (κ2) is 3.25. The van der Waals surface area contributed by atoms with Gasteiger partial charge in [-0.05, 0) is 6.92 Å². The van der Waals surface area contributed by atoms with Gasteiger partial charge in [0.15, 0.2) is 0 Å². The van der Waals surface area contributed by atoms with Crippen molar-refractivity contribution in [1.82, 2.24) is 0 Å². The van der Waals surface area contributed by atoms with E-state index in [0.717, 1.165) is 0 Å². The first-order chi connectivity index (χ1) is 3.18. The fraction of sp³-hybridized carbons (Fsp3) is 0.333. The fourth-order valence-electron chi connectivity index (χ4n) is 0.123. The second-order valence-electron chi connectivity index (χ2n) is 0.942. The summed E-state index contributed by atoms with van der Waals surface area (Å²) in [5.41, 5.74) is 0. The lowest BCUT2D eigenvalue weighted by molar-refractivity contribution is 0.511. The summed E-state index contributed by atoms with van der Waals surface area (Å²) in [5, 5.41) is 0. The van der Waals surface area contributed by atoms with Crippen LogP contribution in [0.4, 0.5) is 0 Å². The van der Waals surface area contributed by atoms with Crippen molar-refractivity contribution < 1.29 is 9.46 Å². The quantitative estimate of drug-likeness (QED) is 0.561. The standard InChI is InChI=1S/C3H6ClO2P/c1-2-3(4)7(5)6/h2,7H,1H3,(H,5,6). The lowest BCUT2D eigenvalue weighted by Gasteiger charge is -1.83. The Hall–Kier alpha value is 0.220. The smallest absolute Gasteiger partial charge is 0.228 e. The molecule has 0 heterocycles. The fourth-order valence-corrected chi connectivity index (χ4v) is 0.370. The lowest BCUT2D eigenvalue weighted by atomic mass is 10.8. The first-order valence-electron chi connectivity index (χ1n) is 1.73. The van der Waals surface area contributed by atoms with Crippen molar-refractivity contribution in [2.24, 2.45) is 0 Å². The van der Waals surface area contributed by atoms with Crippen LogP contribution in [0.5, 0.6) is 0 Å². The molecule has 0 amide bonds. The van der Waals surface area contributed by atoms with E-state index in [1.807, 2.05) is 0 Å². The Balaban J connectivity index is 3.82. The summed E-state index contributed by atoms with van der Waals surface area (Å²) >= 11 is 5.14. The van der Waals surface area contributed by atoms with Crippen molar-refractivity contribution >= 4 is 19.6 Å². The molecule has 42 valence electrons. The second-order valence-corrected chi connectivity index (χ2v) is 2.81. The highest BCUT2D eigenvalue weighted by molar-refractivity contribution is 7.46. The predicted octanol–water partition coefficient (Wildman–Crippen LogP) is 1.55. The van der Waals surface area contributed by atoms with Crippen molar-refractivity contribution in [3.05, 3.63) is 10.8 Å². The van der Waals surface area contributed by atoms with Gasteiger partial charge in [0.2, 0.25) is 8.03 Å². The van der Waals surface area contributed by atoms with Gasteiger partial charge in [-0.3, -0.25) is 4.57 Å². The molecule has 0 saturated heterocycles. The predicted molar refractivity (Wildman–Crippen MR) is 30.8 cm³/mol. The summed E-state index contributed by atoms with van der Waals surface area (Å²) in [5.74, 6) is 0. The molecular formula is C3H6ClO2P. The van der Waals surface area contributed by atoms with Gasteiger partial charge in [0.05, 0.1) is 4.77 Å². The summed E-state index contributed by atoms with van der Waals surface area (Å²) in [4.78, 5) is 8.17. The van der Waals surface area contributed by atoms with Gasteiger partial charge in [-0.2, -0.15) is 0 Å². The maximum Gasteiger partial charge on any atom is 0.228 e. The van der Waals surface area contributed by atoms with Crippen molar-refractivity contribution in [1.29, 1.82) is 0 Å². The normalized spacial score (nSPS) is 16.7. The summed E-state index contributed by atoms with van der Waals surface area (Å²) in [6, 6.07) is 0. The van der Waals surface area contributed by atoms with Crippen LogP contribution in [-0.4, -0.2) is 4.89 Å². The van der Waals surface area contributed by atoms with Gasteiger partial charge in [-0.25, -0.2) is 0 Å². The van der Waals surface area contributed by atoms with Crippen LogP contribution in [0.1, 0.15) is 6.92 Å². The van der Waals surface area contributed by atoms with Gasteiger partial charge in [0, 0.05) is 0 Å². The van der Waals surface area contributed by atoms with Gasteiger partial charge >= 0.3 is 0 Å². The van der Waals surface area contributed by atoms with Gasteiger partial charge in [-0.15, -0.1) is 0 Å². The third kappa shape index (κ3) is 2.86. The molecule has 7 heavy (non-hydrogen) atoms. The summed E-state index contributed by atoms with van der Waals surface area (Å²) < 4.78 is 9.96. The van der Waals surface area contributed by atoms with Gasteiger partial charge < -0.3 is 4.89 Å². The van der Waals surface area contributed by atoms with Gasteiger partial charge in [0.1, 0.15) is 0 Å². The van der Waals surface area contributed by atoms with Crippen LogP contribution < -0.4 is 0 Å². The van der Waals surface area contributed by atoms with Crippen LogP contribution >= 0.6 is 19.6 Å². The molecule has 1 unspecified atom stereocenters.